The third-order valence-corrected chi connectivity index (χ3v) is 3.74. The van der Waals surface area contributed by atoms with Crippen molar-refractivity contribution in [3.8, 4) is 17.4 Å². The molecule has 0 aliphatic rings. The Bertz CT molecular complexity index is 605. The van der Waals surface area contributed by atoms with Crippen LogP contribution in [0.2, 0.25) is 0 Å². The Morgan fingerprint density at radius 1 is 1.33 bits per heavy atom. The van der Waals surface area contributed by atoms with Crippen molar-refractivity contribution in [1.29, 1.82) is 0 Å². The van der Waals surface area contributed by atoms with Crippen molar-refractivity contribution >= 4 is 15.9 Å². The topological polar surface area (TPSA) is 43.4 Å². The molecule has 0 radical (unpaired) electrons. The number of aromatic nitrogens is 1. The van der Waals surface area contributed by atoms with Gasteiger partial charge in [-0.1, -0.05) is 13.0 Å². The van der Waals surface area contributed by atoms with E-state index in [1.807, 2.05) is 30.3 Å². The minimum absolute atomic E-state index is 0.177. The summed E-state index contributed by atoms with van der Waals surface area (Å²) in [5.41, 5.74) is 1.03. The molecule has 1 atom stereocenters. The second kappa shape index (κ2) is 7.43. The first-order chi connectivity index (χ1) is 10.2. The molecule has 2 rings (SSSR count). The molecule has 1 heterocycles. The molecule has 0 fully saturated rings. The van der Waals surface area contributed by atoms with Crippen LogP contribution in [-0.2, 0) is 0 Å². The van der Waals surface area contributed by atoms with Gasteiger partial charge in [0.15, 0.2) is 0 Å². The van der Waals surface area contributed by atoms with Gasteiger partial charge < -0.3 is 14.8 Å². The zero-order valence-electron chi connectivity index (χ0n) is 12.4. The summed E-state index contributed by atoms with van der Waals surface area (Å²) in [6, 6.07) is 9.70. The van der Waals surface area contributed by atoms with E-state index in [2.05, 4.69) is 40.1 Å². The maximum absolute atomic E-state index is 5.95. The summed E-state index contributed by atoms with van der Waals surface area (Å²) in [5, 5.41) is 3.37. The van der Waals surface area contributed by atoms with Gasteiger partial charge in [-0.15, -0.1) is 0 Å². The summed E-state index contributed by atoms with van der Waals surface area (Å²) in [5.74, 6) is 2.09. The number of rotatable bonds is 6. The molecule has 2 aromatic rings. The zero-order chi connectivity index (χ0) is 15.2. The molecule has 5 heteroatoms. The standard InChI is InChI=1S/C16H19BrN2O2/c1-4-18-11(2)13-6-5-9-19-16(13)21-15-8-7-12(20-3)10-14(15)17/h5-11,18H,4H2,1-3H3. The number of ether oxygens (including phenoxy) is 2. The first kappa shape index (κ1) is 15.8. The number of methoxy groups -OCH3 is 1. The number of benzene rings is 1. The van der Waals surface area contributed by atoms with Crippen LogP contribution in [0.5, 0.6) is 17.4 Å². The maximum atomic E-state index is 5.95. The predicted molar refractivity (Wildman–Crippen MR) is 87.1 cm³/mol. The fourth-order valence-corrected chi connectivity index (χ4v) is 2.47. The van der Waals surface area contributed by atoms with Crippen LogP contribution >= 0.6 is 15.9 Å². The number of halogens is 1. The second-order valence-electron chi connectivity index (χ2n) is 4.58. The van der Waals surface area contributed by atoms with Crippen LogP contribution in [0.25, 0.3) is 0 Å². The third kappa shape index (κ3) is 3.95. The molecule has 1 aromatic heterocycles. The van der Waals surface area contributed by atoms with Gasteiger partial charge in [0, 0.05) is 17.8 Å². The number of hydrogen-bond acceptors (Lipinski definition) is 4. The number of nitrogens with zero attached hydrogens (tertiary/aromatic N) is 1. The van der Waals surface area contributed by atoms with Gasteiger partial charge in [0.2, 0.25) is 5.88 Å². The minimum Gasteiger partial charge on any atom is -0.497 e. The van der Waals surface area contributed by atoms with Crippen molar-refractivity contribution in [3.05, 3.63) is 46.6 Å². The van der Waals surface area contributed by atoms with Crippen LogP contribution in [0.4, 0.5) is 0 Å². The van der Waals surface area contributed by atoms with E-state index in [9.17, 15) is 0 Å². The van der Waals surface area contributed by atoms with Gasteiger partial charge in [0.25, 0.3) is 0 Å². The normalized spacial score (nSPS) is 12.0. The Kier molecular flexibility index (Phi) is 5.59. The fourth-order valence-electron chi connectivity index (χ4n) is 2.03. The summed E-state index contributed by atoms with van der Waals surface area (Å²) in [6.45, 7) is 5.06. The SMILES string of the molecule is CCNC(C)c1cccnc1Oc1ccc(OC)cc1Br. The molecular weight excluding hydrogens is 332 g/mol. The highest BCUT2D eigenvalue weighted by Gasteiger charge is 2.13. The van der Waals surface area contributed by atoms with Crippen LogP contribution in [-0.4, -0.2) is 18.6 Å². The highest BCUT2D eigenvalue weighted by molar-refractivity contribution is 9.10. The molecule has 1 N–H and O–H groups in total. The average Bonchev–Trinajstić information content (AvgIpc) is 2.50. The average molecular weight is 351 g/mol. The van der Waals surface area contributed by atoms with Gasteiger partial charge in [0.05, 0.1) is 11.6 Å². The molecule has 0 saturated carbocycles. The van der Waals surface area contributed by atoms with E-state index in [0.29, 0.717) is 11.6 Å². The quantitative estimate of drug-likeness (QED) is 0.842. The summed E-state index contributed by atoms with van der Waals surface area (Å²) in [7, 11) is 1.64. The molecule has 0 aliphatic heterocycles. The lowest BCUT2D eigenvalue weighted by Crippen LogP contribution is -2.18. The molecule has 0 bridgehead atoms. The Morgan fingerprint density at radius 3 is 2.81 bits per heavy atom. The summed E-state index contributed by atoms with van der Waals surface area (Å²) >= 11 is 3.49. The summed E-state index contributed by atoms with van der Waals surface area (Å²) in [6.07, 6.45) is 1.73. The van der Waals surface area contributed by atoms with Crippen LogP contribution in [0.15, 0.2) is 41.0 Å². The lowest BCUT2D eigenvalue weighted by molar-refractivity contribution is 0.410. The van der Waals surface area contributed by atoms with E-state index in [-0.39, 0.29) is 6.04 Å². The van der Waals surface area contributed by atoms with E-state index in [1.54, 1.807) is 13.3 Å². The monoisotopic (exact) mass is 350 g/mol. The largest absolute Gasteiger partial charge is 0.497 e. The van der Waals surface area contributed by atoms with E-state index < -0.39 is 0 Å². The van der Waals surface area contributed by atoms with Gasteiger partial charge in [-0.05, 0) is 53.7 Å². The Labute approximate surface area is 133 Å². The summed E-state index contributed by atoms with van der Waals surface area (Å²) < 4.78 is 12.0. The third-order valence-electron chi connectivity index (χ3n) is 3.12. The molecule has 0 spiro atoms. The number of hydrogen-bond donors (Lipinski definition) is 1. The van der Waals surface area contributed by atoms with Crippen molar-refractivity contribution in [2.45, 2.75) is 19.9 Å². The van der Waals surface area contributed by atoms with Crippen LogP contribution < -0.4 is 14.8 Å². The molecule has 0 saturated heterocycles. The molecule has 112 valence electrons. The summed E-state index contributed by atoms with van der Waals surface area (Å²) in [4.78, 5) is 4.35. The highest BCUT2D eigenvalue weighted by Crippen LogP contribution is 2.34. The van der Waals surface area contributed by atoms with Gasteiger partial charge >= 0.3 is 0 Å². The minimum atomic E-state index is 0.177. The van der Waals surface area contributed by atoms with Crippen LogP contribution in [0.1, 0.15) is 25.5 Å². The highest BCUT2D eigenvalue weighted by atomic mass is 79.9. The first-order valence-corrected chi connectivity index (χ1v) is 7.64. The van der Waals surface area contributed by atoms with Crippen LogP contribution in [0, 0.1) is 0 Å². The van der Waals surface area contributed by atoms with Crippen molar-refractivity contribution in [2.24, 2.45) is 0 Å². The molecule has 21 heavy (non-hydrogen) atoms. The van der Waals surface area contributed by atoms with Gasteiger partial charge in [-0.2, -0.15) is 0 Å². The Hall–Kier alpha value is -1.59. The smallest absolute Gasteiger partial charge is 0.224 e. The van der Waals surface area contributed by atoms with E-state index >= 15 is 0 Å². The van der Waals surface area contributed by atoms with Gasteiger partial charge in [-0.3, -0.25) is 0 Å². The van der Waals surface area contributed by atoms with Crippen molar-refractivity contribution in [2.75, 3.05) is 13.7 Å². The van der Waals surface area contributed by atoms with Gasteiger partial charge in [0.1, 0.15) is 11.5 Å². The molecule has 0 amide bonds. The second-order valence-corrected chi connectivity index (χ2v) is 5.43. The fraction of sp³-hybridized carbons (Fsp3) is 0.312. The molecule has 1 aromatic carbocycles. The first-order valence-electron chi connectivity index (χ1n) is 6.85. The maximum Gasteiger partial charge on any atom is 0.224 e. The number of nitrogens with one attached hydrogen (secondary N) is 1. The molecular formula is C16H19BrN2O2. The van der Waals surface area contributed by atoms with E-state index in [1.165, 1.54) is 0 Å². The van der Waals surface area contributed by atoms with Crippen molar-refractivity contribution < 1.29 is 9.47 Å². The van der Waals surface area contributed by atoms with Crippen molar-refractivity contribution in [1.82, 2.24) is 10.3 Å². The predicted octanol–water partition coefficient (Wildman–Crippen LogP) is 4.32. The lowest BCUT2D eigenvalue weighted by Gasteiger charge is -2.17. The van der Waals surface area contributed by atoms with Crippen LogP contribution in [0.3, 0.4) is 0 Å². The van der Waals surface area contributed by atoms with E-state index in [4.69, 9.17) is 9.47 Å². The number of pyridine rings is 1. The zero-order valence-corrected chi connectivity index (χ0v) is 14.0. The van der Waals surface area contributed by atoms with Gasteiger partial charge in [-0.25, -0.2) is 4.98 Å². The molecule has 4 nitrogen and oxygen atoms in total. The Balaban J connectivity index is 2.27. The molecule has 1 unspecified atom stereocenters. The van der Waals surface area contributed by atoms with E-state index in [0.717, 1.165) is 22.3 Å². The molecule has 0 aliphatic carbocycles. The Morgan fingerprint density at radius 2 is 2.14 bits per heavy atom. The van der Waals surface area contributed by atoms with Crippen molar-refractivity contribution in [3.63, 3.8) is 0 Å². The lowest BCUT2D eigenvalue weighted by atomic mass is 10.1.